The van der Waals surface area contributed by atoms with E-state index in [-0.39, 0.29) is 0 Å². The van der Waals surface area contributed by atoms with Gasteiger partial charge in [0.1, 0.15) is 17.8 Å². The van der Waals surface area contributed by atoms with Crippen LogP contribution in [0.2, 0.25) is 0 Å². The lowest BCUT2D eigenvalue weighted by Gasteiger charge is -1.99. The summed E-state index contributed by atoms with van der Waals surface area (Å²) in [5, 5.41) is 8.37. The van der Waals surface area contributed by atoms with Crippen LogP contribution in [0.4, 0.5) is 0 Å². The minimum absolute atomic E-state index is 0.375. The van der Waals surface area contributed by atoms with Crippen molar-refractivity contribution in [2.24, 2.45) is 7.05 Å². The summed E-state index contributed by atoms with van der Waals surface area (Å²) >= 11 is 0. The molecule has 0 N–H and O–H groups in total. The zero-order valence-corrected chi connectivity index (χ0v) is 13.2. The van der Waals surface area contributed by atoms with Crippen LogP contribution in [0.1, 0.15) is 22.8 Å². The van der Waals surface area contributed by atoms with E-state index in [0.717, 1.165) is 22.3 Å². The third kappa shape index (κ3) is 2.19. The Balaban J connectivity index is 1.71. The molecule has 0 radical (unpaired) electrons. The van der Waals surface area contributed by atoms with Crippen LogP contribution in [-0.2, 0) is 13.5 Å². The maximum absolute atomic E-state index is 12.5. The highest BCUT2D eigenvalue weighted by atomic mass is 16.7. The van der Waals surface area contributed by atoms with Crippen molar-refractivity contribution in [3.05, 3.63) is 54.0 Å². The highest BCUT2D eigenvalue weighted by Crippen LogP contribution is 2.13. The summed E-state index contributed by atoms with van der Waals surface area (Å²) < 4.78 is 3.27. The Morgan fingerprint density at radius 3 is 3.04 bits per heavy atom. The largest absolute Gasteiger partial charge is 0.395 e. The third-order valence-electron chi connectivity index (χ3n) is 3.89. The molecule has 0 aromatic carbocycles. The van der Waals surface area contributed by atoms with Gasteiger partial charge in [-0.05, 0) is 30.2 Å². The van der Waals surface area contributed by atoms with E-state index >= 15 is 0 Å². The molecule has 0 aliphatic heterocycles. The lowest BCUT2D eigenvalue weighted by molar-refractivity contribution is -0.711. The maximum Gasteiger partial charge on any atom is 0.395 e. The van der Waals surface area contributed by atoms with E-state index in [1.807, 2.05) is 24.4 Å². The van der Waals surface area contributed by atoms with Gasteiger partial charge in [-0.2, -0.15) is 5.10 Å². The number of carbonyl (C=O) groups is 1. The normalized spacial score (nSPS) is 11.2. The fraction of sp³-hybridized carbons (Fsp3) is 0.188. The minimum Gasteiger partial charge on any atom is -0.241 e. The Bertz CT molecular complexity index is 1060. The van der Waals surface area contributed by atoms with Crippen LogP contribution in [0.3, 0.4) is 0 Å². The van der Waals surface area contributed by atoms with Crippen LogP contribution in [-0.4, -0.2) is 30.6 Å². The Morgan fingerprint density at radius 1 is 1.33 bits per heavy atom. The summed E-state index contributed by atoms with van der Waals surface area (Å²) in [6, 6.07) is 7.48. The molecular weight excluding hydrogens is 308 g/mol. The first kappa shape index (κ1) is 14.3. The Morgan fingerprint density at radius 2 is 2.21 bits per heavy atom. The molecule has 0 unspecified atom stereocenters. The first-order chi connectivity index (χ1) is 11.7. The van der Waals surface area contributed by atoms with Gasteiger partial charge in [-0.15, -0.1) is 4.68 Å². The first-order valence-corrected chi connectivity index (χ1v) is 7.56. The molecular formula is C16H15N6O2+. The number of hydrogen-bond donors (Lipinski definition) is 0. The summed E-state index contributed by atoms with van der Waals surface area (Å²) in [5.41, 5.74) is 3.43. The number of pyridine rings is 2. The molecule has 4 heterocycles. The summed E-state index contributed by atoms with van der Waals surface area (Å²) in [4.78, 5) is 23.2. The molecule has 0 saturated carbocycles. The lowest BCUT2D eigenvalue weighted by atomic mass is 10.2. The lowest BCUT2D eigenvalue weighted by Crippen LogP contribution is -2.33. The first-order valence-electron chi connectivity index (χ1n) is 7.56. The van der Waals surface area contributed by atoms with Gasteiger partial charge in [0.2, 0.25) is 5.52 Å². The molecule has 120 valence electrons. The van der Waals surface area contributed by atoms with Crippen molar-refractivity contribution in [1.29, 1.82) is 0 Å². The van der Waals surface area contributed by atoms with Gasteiger partial charge >= 0.3 is 11.6 Å². The fourth-order valence-electron chi connectivity index (χ4n) is 2.58. The molecule has 24 heavy (non-hydrogen) atoms. The number of hydrogen-bond acceptors (Lipinski definition) is 5. The molecule has 0 aliphatic rings. The number of nitrogens with zero attached hydrogens (tertiary/aromatic N) is 6. The van der Waals surface area contributed by atoms with Crippen LogP contribution in [0.25, 0.3) is 16.7 Å². The second-order valence-electron chi connectivity index (χ2n) is 5.39. The topological polar surface area (TPSA) is 78.2 Å². The average Bonchev–Trinajstić information content (AvgIpc) is 3.16. The van der Waals surface area contributed by atoms with E-state index in [4.69, 9.17) is 4.84 Å². The number of aromatic nitrogens is 6. The number of carbonyl (C=O) groups excluding carboxylic acids is 1. The van der Waals surface area contributed by atoms with Crippen molar-refractivity contribution >= 4 is 22.6 Å². The minimum atomic E-state index is -0.537. The van der Waals surface area contributed by atoms with E-state index in [1.165, 1.54) is 6.20 Å². The summed E-state index contributed by atoms with van der Waals surface area (Å²) in [6.45, 7) is 2.07. The summed E-state index contributed by atoms with van der Waals surface area (Å²) in [6.07, 6.45) is 5.92. The van der Waals surface area contributed by atoms with Gasteiger partial charge < -0.3 is 0 Å². The van der Waals surface area contributed by atoms with Crippen LogP contribution in [0.15, 0.2) is 42.9 Å². The predicted molar refractivity (Wildman–Crippen MR) is 84.2 cm³/mol. The second-order valence-corrected chi connectivity index (χ2v) is 5.39. The molecule has 0 bridgehead atoms. The number of fused-ring (bicyclic) bond motifs is 2. The fourth-order valence-corrected chi connectivity index (χ4v) is 2.58. The van der Waals surface area contributed by atoms with Crippen molar-refractivity contribution < 1.29 is 14.3 Å². The van der Waals surface area contributed by atoms with Gasteiger partial charge in [0.15, 0.2) is 0 Å². The summed E-state index contributed by atoms with van der Waals surface area (Å²) in [7, 11) is 1.76. The maximum atomic E-state index is 12.5. The van der Waals surface area contributed by atoms with Crippen molar-refractivity contribution in [2.75, 3.05) is 0 Å². The number of rotatable bonds is 3. The van der Waals surface area contributed by atoms with Crippen molar-refractivity contribution in [2.45, 2.75) is 13.3 Å². The average molecular weight is 323 g/mol. The molecule has 0 saturated heterocycles. The van der Waals surface area contributed by atoms with E-state index in [1.54, 1.807) is 28.5 Å². The van der Waals surface area contributed by atoms with Crippen molar-refractivity contribution in [3.8, 4) is 0 Å². The van der Waals surface area contributed by atoms with E-state index in [2.05, 4.69) is 22.2 Å². The molecule has 4 aromatic rings. The predicted octanol–water partition coefficient (Wildman–Crippen LogP) is 0.735. The quantitative estimate of drug-likeness (QED) is 0.410. The SMILES string of the molecule is CCc1ccc2c(C(=O)On3n[n+](C)c4cccnc43)cnn2c1. The van der Waals surface area contributed by atoms with Crippen LogP contribution >= 0.6 is 0 Å². The molecule has 0 atom stereocenters. The van der Waals surface area contributed by atoms with Crippen molar-refractivity contribution in [3.63, 3.8) is 0 Å². The van der Waals surface area contributed by atoms with Gasteiger partial charge in [0.25, 0.3) is 0 Å². The van der Waals surface area contributed by atoms with Gasteiger partial charge in [-0.3, -0.25) is 0 Å². The van der Waals surface area contributed by atoms with Gasteiger partial charge in [0, 0.05) is 12.4 Å². The molecule has 0 amide bonds. The number of aryl methyl sites for hydroxylation is 2. The monoisotopic (exact) mass is 323 g/mol. The van der Waals surface area contributed by atoms with Gasteiger partial charge in [-0.25, -0.2) is 19.1 Å². The van der Waals surface area contributed by atoms with E-state index in [9.17, 15) is 4.79 Å². The standard InChI is InChI=1S/C16H15N6O2/c1-3-11-6-7-13-12(9-18-21(13)10-11)16(23)24-22-15-14(20(2)19-22)5-4-8-17-15/h4-10H,3H2,1-2H3/q+1. The van der Waals surface area contributed by atoms with Crippen LogP contribution in [0.5, 0.6) is 0 Å². The van der Waals surface area contributed by atoms with Gasteiger partial charge in [-0.1, -0.05) is 13.0 Å². The van der Waals surface area contributed by atoms with Crippen LogP contribution < -0.4 is 9.52 Å². The Labute approximate surface area is 136 Å². The molecule has 0 fully saturated rings. The third-order valence-corrected chi connectivity index (χ3v) is 3.89. The molecule has 0 spiro atoms. The summed E-state index contributed by atoms with van der Waals surface area (Å²) in [5.74, 6) is -0.537. The van der Waals surface area contributed by atoms with Crippen molar-refractivity contribution in [1.82, 2.24) is 24.7 Å². The molecule has 8 nitrogen and oxygen atoms in total. The highest BCUT2D eigenvalue weighted by molar-refractivity contribution is 5.97. The molecule has 4 rings (SSSR count). The smallest absolute Gasteiger partial charge is 0.241 e. The zero-order chi connectivity index (χ0) is 16.7. The molecule has 0 aliphatic carbocycles. The molecule has 8 heteroatoms. The Kier molecular flexibility index (Phi) is 3.23. The zero-order valence-electron chi connectivity index (χ0n) is 13.2. The molecule has 4 aromatic heterocycles. The second kappa shape index (κ2) is 5.41. The van der Waals surface area contributed by atoms with Crippen LogP contribution in [0, 0.1) is 0 Å². The Hall–Kier alpha value is -3.29. The van der Waals surface area contributed by atoms with E-state index in [0.29, 0.717) is 16.7 Å². The van der Waals surface area contributed by atoms with E-state index < -0.39 is 5.97 Å². The highest BCUT2D eigenvalue weighted by Gasteiger charge is 2.24. The van der Waals surface area contributed by atoms with Gasteiger partial charge in [0.05, 0.1) is 16.6 Å².